The van der Waals surface area contributed by atoms with Crippen LogP contribution in [0.5, 0.6) is 0 Å². The van der Waals surface area contributed by atoms with E-state index in [4.69, 9.17) is 4.74 Å². The first-order valence-electron chi connectivity index (χ1n) is 8.14. The van der Waals surface area contributed by atoms with Crippen molar-refractivity contribution in [3.8, 4) is 0 Å². The Bertz CT molecular complexity index is 522. The summed E-state index contributed by atoms with van der Waals surface area (Å²) < 4.78 is 45.2. The monoisotopic (exact) mass is 344 g/mol. The van der Waals surface area contributed by atoms with E-state index < -0.39 is 18.2 Å². The molecule has 1 saturated heterocycles. The number of halogens is 3. The van der Waals surface area contributed by atoms with Gasteiger partial charge in [-0.05, 0) is 31.7 Å². The van der Waals surface area contributed by atoms with Crippen LogP contribution in [0.1, 0.15) is 25.3 Å². The first kappa shape index (κ1) is 18.6. The smallest absolute Gasteiger partial charge is 0.377 e. The fourth-order valence-electron chi connectivity index (χ4n) is 2.69. The van der Waals surface area contributed by atoms with Gasteiger partial charge in [-0.2, -0.15) is 13.2 Å². The van der Waals surface area contributed by atoms with Gasteiger partial charge < -0.3 is 15.0 Å². The highest BCUT2D eigenvalue weighted by molar-refractivity contribution is 5.74. The largest absolute Gasteiger partial charge is 0.408 e. The lowest BCUT2D eigenvalue weighted by atomic mass is 10.1. The Hall–Kier alpha value is -1.76. The Morgan fingerprint density at radius 2 is 2.08 bits per heavy atom. The van der Waals surface area contributed by atoms with Crippen LogP contribution in [-0.4, -0.2) is 48.9 Å². The maximum Gasteiger partial charge on any atom is 0.408 e. The number of alkyl halides is 3. The summed E-state index contributed by atoms with van der Waals surface area (Å²) in [7, 11) is 0. The molecule has 1 fully saturated rings. The van der Waals surface area contributed by atoms with Gasteiger partial charge in [0.15, 0.2) is 0 Å². The average molecular weight is 344 g/mol. The number of amides is 2. The predicted octanol–water partition coefficient (Wildman–Crippen LogP) is 3.37. The number of hydrogen-bond acceptors (Lipinski definition) is 2. The third-order valence-electron chi connectivity index (χ3n) is 4.00. The predicted molar refractivity (Wildman–Crippen MR) is 84.7 cm³/mol. The van der Waals surface area contributed by atoms with E-state index in [-0.39, 0.29) is 18.9 Å². The van der Waals surface area contributed by atoms with E-state index in [0.717, 1.165) is 5.56 Å². The van der Waals surface area contributed by atoms with Crippen LogP contribution in [0.4, 0.5) is 18.0 Å². The van der Waals surface area contributed by atoms with E-state index in [0.29, 0.717) is 26.1 Å². The number of rotatable bonds is 4. The molecule has 0 unspecified atom stereocenters. The summed E-state index contributed by atoms with van der Waals surface area (Å²) in [6.45, 7) is 3.03. The number of ether oxygens (including phenoxy) is 1. The molecule has 0 bridgehead atoms. The maximum atomic E-state index is 13.2. The number of urea groups is 1. The molecule has 7 heteroatoms. The molecule has 1 aliphatic heterocycles. The lowest BCUT2D eigenvalue weighted by molar-refractivity contribution is -0.154. The third-order valence-corrected chi connectivity index (χ3v) is 4.00. The van der Waals surface area contributed by atoms with Crippen molar-refractivity contribution in [1.82, 2.24) is 10.2 Å². The summed E-state index contributed by atoms with van der Waals surface area (Å²) in [5.74, 6) is 0. The van der Waals surface area contributed by atoms with Gasteiger partial charge in [0.2, 0.25) is 0 Å². The lowest BCUT2D eigenvalue weighted by Gasteiger charge is -2.27. The summed E-state index contributed by atoms with van der Waals surface area (Å²) >= 11 is 0. The Kier molecular flexibility index (Phi) is 6.48. The van der Waals surface area contributed by atoms with Gasteiger partial charge >= 0.3 is 12.2 Å². The SMILES string of the molecule is C[C@@H]1CN(C(=O)N[C@@H](CCc2ccccc2)C(F)(F)F)CCCO1. The number of hydrogen-bond donors (Lipinski definition) is 1. The molecule has 1 aliphatic rings. The quantitative estimate of drug-likeness (QED) is 0.910. The van der Waals surface area contributed by atoms with Crippen LogP contribution in [0, 0.1) is 0 Å². The molecular weight excluding hydrogens is 321 g/mol. The number of carbonyl (C=O) groups is 1. The van der Waals surface area contributed by atoms with Crippen molar-refractivity contribution in [2.45, 2.75) is 44.5 Å². The van der Waals surface area contributed by atoms with E-state index in [9.17, 15) is 18.0 Å². The Balaban J connectivity index is 1.96. The van der Waals surface area contributed by atoms with Crippen molar-refractivity contribution in [1.29, 1.82) is 0 Å². The van der Waals surface area contributed by atoms with Crippen molar-refractivity contribution in [2.24, 2.45) is 0 Å². The normalized spacial score (nSPS) is 20.3. The number of nitrogens with zero attached hydrogens (tertiary/aromatic N) is 1. The summed E-state index contributed by atoms with van der Waals surface area (Å²) in [5, 5.41) is 2.15. The highest BCUT2D eigenvalue weighted by atomic mass is 19.4. The molecule has 1 heterocycles. The number of benzene rings is 1. The second kappa shape index (κ2) is 8.37. The van der Waals surface area contributed by atoms with Gasteiger partial charge in [-0.15, -0.1) is 0 Å². The van der Waals surface area contributed by atoms with E-state index >= 15 is 0 Å². The van der Waals surface area contributed by atoms with Crippen molar-refractivity contribution >= 4 is 6.03 Å². The lowest BCUT2D eigenvalue weighted by Crippen LogP contribution is -2.52. The first-order chi connectivity index (χ1) is 11.4. The number of carbonyl (C=O) groups excluding carboxylic acids is 1. The van der Waals surface area contributed by atoms with Crippen molar-refractivity contribution in [3.63, 3.8) is 0 Å². The summed E-state index contributed by atoms with van der Waals surface area (Å²) in [5.41, 5.74) is 0.817. The molecule has 4 nitrogen and oxygen atoms in total. The van der Waals surface area contributed by atoms with E-state index in [2.05, 4.69) is 5.32 Å². The fraction of sp³-hybridized carbons (Fsp3) is 0.588. The average Bonchev–Trinajstić information content (AvgIpc) is 2.75. The van der Waals surface area contributed by atoms with Crippen LogP contribution in [0.15, 0.2) is 30.3 Å². The van der Waals surface area contributed by atoms with Crippen molar-refractivity contribution < 1.29 is 22.7 Å². The van der Waals surface area contributed by atoms with Gasteiger partial charge in [0, 0.05) is 19.7 Å². The molecule has 1 N–H and O–H groups in total. The summed E-state index contributed by atoms with van der Waals surface area (Å²) in [4.78, 5) is 13.6. The molecule has 0 aliphatic carbocycles. The van der Waals surface area contributed by atoms with Crippen LogP contribution in [-0.2, 0) is 11.2 Å². The van der Waals surface area contributed by atoms with Crippen LogP contribution >= 0.6 is 0 Å². The highest BCUT2D eigenvalue weighted by Crippen LogP contribution is 2.24. The minimum Gasteiger partial charge on any atom is -0.377 e. The summed E-state index contributed by atoms with van der Waals surface area (Å²) in [6, 6.07) is 6.42. The standard InChI is InChI=1S/C17H23F3N2O2/c1-13-12-22(10-5-11-24-13)16(23)21-15(17(18,19)20)9-8-14-6-3-2-4-7-14/h2-4,6-7,13,15H,5,8-12H2,1H3,(H,21,23)/t13-,15+/m1/s1. The zero-order valence-electron chi connectivity index (χ0n) is 13.7. The van der Waals surface area contributed by atoms with Gasteiger partial charge in [-0.3, -0.25) is 0 Å². The van der Waals surface area contributed by atoms with Crippen molar-refractivity contribution in [2.75, 3.05) is 19.7 Å². The minimum absolute atomic E-state index is 0.174. The molecule has 0 aromatic heterocycles. The second-order valence-electron chi connectivity index (χ2n) is 6.05. The first-order valence-corrected chi connectivity index (χ1v) is 8.14. The highest BCUT2D eigenvalue weighted by Gasteiger charge is 2.41. The van der Waals surface area contributed by atoms with Crippen LogP contribution < -0.4 is 5.32 Å². The molecule has 2 rings (SSSR count). The van der Waals surface area contributed by atoms with Gasteiger partial charge in [0.1, 0.15) is 6.04 Å². The van der Waals surface area contributed by atoms with Gasteiger partial charge in [-0.25, -0.2) is 4.79 Å². The molecule has 0 spiro atoms. The molecule has 24 heavy (non-hydrogen) atoms. The van der Waals surface area contributed by atoms with E-state index in [1.165, 1.54) is 4.90 Å². The minimum atomic E-state index is -4.47. The van der Waals surface area contributed by atoms with Gasteiger partial charge in [-0.1, -0.05) is 30.3 Å². The molecule has 0 radical (unpaired) electrons. The molecule has 2 amide bonds. The Morgan fingerprint density at radius 3 is 2.75 bits per heavy atom. The third kappa shape index (κ3) is 5.70. The molecule has 1 aromatic carbocycles. The Morgan fingerprint density at radius 1 is 1.38 bits per heavy atom. The number of nitrogens with one attached hydrogen (secondary N) is 1. The van der Waals surface area contributed by atoms with Gasteiger partial charge in [0.25, 0.3) is 0 Å². The van der Waals surface area contributed by atoms with E-state index in [1.807, 2.05) is 13.0 Å². The molecule has 134 valence electrons. The molecule has 2 atom stereocenters. The maximum absolute atomic E-state index is 13.2. The van der Waals surface area contributed by atoms with Gasteiger partial charge in [0.05, 0.1) is 6.10 Å². The topological polar surface area (TPSA) is 41.6 Å². The van der Waals surface area contributed by atoms with E-state index in [1.54, 1.807) is 24.3 Å². The zero-order valence-corrected chi connectivity index (χ0v) is 13.7. The molecule has 0 saturated carbocycles. The fourth-order valence-corrected chi connectivity index (χ4v) is 2.69. The molecule has 1 aromatic rings. The van der Waals surface area contributed by atoms with Crippen LogP contribution in [0.3, 0.4) is 0 Å². The number of aryl methyl sites for hydroxylation is 1. The van der Waals surface area contributed by atoms with Crippen LogP contribution in [0.2, 0.25) is 0 Å². The second-order valence-corrected chi connectivity index (χ2v) is 6.05. The molecular formula is C17H23F3N2O2. The van der Waals surface area contributed by atoms with Crippen LogP contribution in [0.25, 0.3) is 0 Å². The van der Waals surface area contributed by atoms with Crippen molar-refractivity contribution in [3.05, 3.63) is 35.9 Å². The summed E-state index contributed by atoms with van der Waals surface area (Å²) in [6.07, 6.45) is -3.95. The Labute approximate surface area is 140 Å². The zero-order chi connectivity index (χ0) is 17.6.